The van der Waals surface area contributed by atoms with Crippen molar-refractivity contribution < 1.29 is 14.3 Å². The Balaban J connectivity index is 2.53. The molecule has 0 unspecified atom stereocenters. The zero-order valence-corrected chi connectivity index (χ0v) is 8.01. The Hall–Kier alpha value is -2.17. The van der Waals surface area contributed by atoms with E-state index in [2.05, 4.69) is 9.72 Å². The van der Waals surface area contributed by atoms with E-state index in [1.807, 2.05) is 0 Å². The van der Waals surface area contributed by atoms with E-state index in [1.54, 1.807) is 28.8 Å². The third-order valence-electron chi connectivity index (χ3n) is 2.02. The normalized spacial score (nSPS) is 10.2. The lowest BCUT2D eigenvalue weighted by molar-refractivity contribution is -0.135. The first-order chi connectivity index (χ1) is 7.24. The van der Waals surface area contributed by atoms with Gasteiger partial charge in [0.2, 0.25) is 0 Å². The Labute approximate surface area is 85.3 Å². The van der Waals surface area contributed by atoms with Gasteiger partial charge in [-0.25, -0.2) is 9.78 Å². The van der Waals surface area contributed by atoms with Crippen molar-refractivity contribution in [2.45, 2.75) is 0 Å². The molecule has 0 fully saturated rings. The summed E-state index contributed by atoms with van der Waals surface area (Å²) in [6.45, 7) is 0. The number of methoxy groups -OCH3 is 1. The third-order valence-corrected chi connectivity index (χ3v) is 2.02. The lowest BCUT2D eigenvalue weighted by Gasteiger charge is -1.98. The van der Waals surface area contributed by atoms with Crippen molar-refractivity contribution in [2.75, 3.05) is 7.11 Å². The molecule has 2 heterocycles. The molecule has 5 nitrogen and oxygen atoms in total. The highest BCUT2D eigenvalue weighted by Crippen LogP contribution is 2.07. The minimum atomic E-state index is -0.888. The largest absolute Gasteiger partial charge is 0.463 e. The lowest BCUT2D eigenvalue weighted by Crippen LogP contribution is -2.17. The summed E-state index contributed by atoms with van der Waals surface area (Å²) in [6, 6.07) is 5.30. The summed E-state index contributed by atoms with van der Waals surface area (Å²) in [6.07, 6.45) is 3.02. The average molecular weight is 204 g/mol. The third kappa shape index (κ3) is 1.48. The van der Waals surface area contributed by atoms with E-state index >= 15 is 0 Å². The molecule has 2 aromatic rings. The second-order valence-electron chi connectivity index (χ2n) is 2.89. The molecular weight excluding hydrogens is 196 g/mol. The summed E-state index contributed by atoms with van der Waals surface area (Å²) < 4.78 is 5.90. The molecule has 0 spiro atoms. The molecule has 0 amide bonds. The number of Topliss-reactive ketones (excluding diaryl/α,β-unsaturated/α-hetero) is 1. The molecule has 15 heavy (non-hydrogen) atoms. The van der Waals surface area contributed by atoms with E-state index in [0.29, 0.717) is 5.65 Å². The summed E-state index contributed by atoms with van der Waals surface area (Å²) in [7, 11) is 1.17. The van der Waals surface area contributed by atoms with E-state index < -0.39 is 11.8 Å². The van der Waals surface area contributed by atoms with Gasteiger partial charge >= 0.3 is 5.97 Å². The highest BCUT2D eigenvalue weighted by molar-refractivity contribution is 6.40. The minimum absolute atomic E-state index is 0.206. The molecule has 76 valence electrons. The maximum Gasteiger partial charge on any atom is 0.381 e. The summed E-state index contributed by atoms with van der Waals surface area (Å²) >= 11 is 0. The van der Waals surface area contributed by atoms with E-state index in [9.17, 15) is 9.59 Å². The van der Waals surface area contributed by atoms with Gasteiger partial charge in [-0.3, -0.25) is 9.20 Å². The molecule has 0 aliphatic rings. The van der Waals surface area contributed by atoms with E-state index in [0.717, 1.165) is 0 Å². The van der Waals surface area contributed by atoms with Gasteiger partial charge in [-0.05, 0) is 12.1 Å². The molecule has 0 atom stereocenters. The Kier molecular flexibility index (Phi) is 2.21. The number of carbonyl (C=O) groups excluding carboxylic acids is 2. The van der Waals surface area contributed by atoms with Crippen LogP contribution in [0.3, 0.4) is 0 Å². The fourth-order valence-electron chi connectivity index (χ4n) is 1.30. The van der Waals surface area contributed by atoms with Crippen LogP contribution in [0.25, 0.3) is 5.65 Å². The molecule has 0 aromatic carbocycles. The molecule has 5 heteroatoms. The maximum atomic E-state index is 11.5. The number of rotatable bonds is 2. The molecule has 0 saturated carbocycles. The highest BCUT2D eigenvalue weighted by atomic mass is 16.5. The number of ether oxygens (including phenoxy) is 1. The number of aromatic nitrogens is 2. The molecule has 0 bridgehead atoms. The Morgan fingerprint density at radius 3 is 2.93 bits per heavy atom. The van der Waals surface area contributed by atoms with E-state index in [1.165, 1.54) is 13.3 Å². The monoisotopic (exact) mass is 204 g/mol. The predicted octanol–water partition coefficient (Wildman–Crippen LogP) is 0.690. The van der Waals surface area contributed by atoms with Crippen molar-refractivity contribution in [3.63, 3.8) is 0 Å². The van der Waals surface area contributed by atoms with Gasteiger partial charge in [-0.1, -0.05) is 6.07 Å². The fraction of sp³-hybridized carbons (Fsp3) is 0.100. The average Bonchev–Trinajstić information content (AvgIpc) is 2.70. The van der Waals surface area contributed by atoms with Crippen LogP contribution in [0.1, 0.15) is 10.5 Å². The van der Waals surface area contributed by atoms with Crippen LogP contribution in [0.5, 0.6) is 0 Å². The number of fused-ring (bicyclic) bond motifs is 1. The number of nitrogens with zero attached hydrogens (tertiary/aromatic N) is 2. The van der Waals surface area contributed by atoms with Crippen LogP contribution in [0, 0.1) is 0 Å². The van der Waals surface area contributed by atoms with E-state index in [4.69, 9.17) is 0 Å². The van der Waals surface area contributed by atoms with Crippen molar-refractivity contribution in [3.05, 3.63) is 36.3 Å². The van der Waals surface area contributed by atoms with Crippen LogP contribution >= 0.6 is 0 Å². The Morgan fingerprint density at radius 2 is 2.20 bits per heavy atom. The number of hydrogen-bond donors (Lipinski definition) is 0. The topological polar surface area (TPSA) is 60.7 Å². The summed E-state index contributed by atoms with van der Waals surface area (Å²) in [4.78, 5) is 26.5. The quantitative estimate of drug-likeness (QED) is 0.410. The predicted molar refractivity (Wildman–Crippen MR) is 51.5 cm³/mol. The van der Waals surface area contributed by atoms with E-state index in [-0.39, 0.29) is 5.69 Å². The first-order valence-corrected chi connectivity index (χ1v) is 4.29. The summed E-state index contributed by atoms with van der Waals surface area (Å²) in [5.74, 6) is -1.59. The lowest BCUT2D eigenvalue weighted by atomic mass is 10.3. The van der Waals surface area contributed by atoms with Crippen molar-refractivity contribution in [1.29, 1.82) is 0 Å². The Morgan fingerprint density at radius 1 is 1.40 bits per heavy atom. The standard InChI is InChI=1S/C10H8N2O3/c1-15-10(14)9(13)7-6-11-8-4-2-3-5-12(7)8/h2-6H,1H3. The van der Waals surface area contributed by atoms with Crippen LogP contribution in [0.4, 0.5) is 0 Å². The fourth-order valence-corrected chi connectivity index (χ4v) is 1.30. The molecular formula is C10H8N2O3. The van der Waals surface area contributed by atoms with Crippen molar-refractivity contribution in [1.82, 2.24) is 9.38 Å². The van der Waals surface area contributed by atoms with Gasteiger partial charge in [0.25, 0.3) is 5.78 Å². The number of imidazole rings is 1. The maximum absolute atomic E-state index is 11.5. The first-order valence-electron chi connectivity index (χ1n) is 4.29. The zero-order chi connectivity index (χ0) is 10.8. The van der Waals surface area contributed by atoms with Crippen molar-refractivity contribution in [2.24, 2.45) is 0 Å². The van der Waals surface area contributed by atoms with Crippen molar-refractivity contribution in [3.8, 4) is 0 Å². The van der Waals surface area contributed by atoms with Crippen LogP contribution in [0.15, 0.2) is 30.6 Å². The van der Waals surface area contributed by atoms with Crippen LogP contribution < -0.4 is 0 Å². The smallest absolute Gasteiger partial charge is 0.381 e. The first kappa shape index (κ1) is 9.39. The second kappa shape index (κ2) is 3.53. The summed E-state index contributed by atoms with van der Waals surface area (Å²) in [5, 5.41) is 0. The van der Waals surface area contributed by atoms with Gasteiger partial charge < -0.3 is 4.74 Å². The Bertz CT molecular complexity index is 530. The molecule has 0 aliphatic carbocycles. The number of esters is 1. The van der Waals surface area contributed by atoms with Gasteiger partial charge in [0, 0.05) is 6.20 Å². The minimum Gasteiger partial charge on any atom is -0.463 e. The van der Waals surface area contributed by atoms with Crippen LogP contribution in [0.2, 0.25) is 0 Å². The number of pyridine rings is 1. The second-order valence-corrected chi connectivity index (χ2v) is 2.89. The molecule has 0 saturated heterocycles. The van der Waals surface area contributed by atoms with Gasteiger partial charge in [-0.2, -0.15) is 0 Å². The summed E-state index contributed by atoms with van der Waals surface area (Å²) in [5.41, 5.74) is 0.821. The van der Waals surface area contributed by atoms with Crippen LogP contribution in [-0.4, -0.2) is 28.2 Å². The number of hydrogen-bond acceptors (Lipinski definition) is 4. The molecule has 0 N–H and O–H groups in total. The molecule has 0 radical (unpaired) electrons. The zero-order valence-electron chi connectivity index (χ0n) is 8.01. The number of carbonyl (C=O) groups is 2. The SMILES string of the molecule is COC(=O)C(=O)c1cnc2ccccn12. The molecule has 0 aliphatic heterocycles. The number of ketones is 1. The molecule has 2 aromatic heterocycles. The van der Waals surface area contributed by atoms with Gasteiger partial charge in [0.15, 0.2) is 0 Å². The van der Waals surface area contributed by atoms with Crippen LogP contribution in [-0.2, 0) is 9.53 Å². The van der Waals surface area contributed by atoms with Crippen molar-refractivity contribution >= 4 is 17.4 Å². The highest BCUT2D eigenvalue weighted by Gasteiger charge is 2.20. The van der Waals surface area contributed by atoms with Gasteiger partial charge in [-0.15, -0.1) is 0 Å². The molecule has 2 rings (SSSR count). The van der Waals surface area contributed by atoms with Gasteiger partial charge in [0.05, 0.1) is 13.3 Å². The van der Waals surface area contributed by atoms with Gasteiger partial charge in [0.1, 0.15) is 11.3 Å².